The van der Waals surface area contributed by atoms with Gasteiger partial charge in [0.15, 0.2) is 0 Å². The molecule has 0 saturated carbocycles. The highest BCUT2D eigenvalue weighted by Gasteiger charge is 2.19. The molecule has 0 bridgehead atoms. The van der Waals surface area contributed by atoms with Gasteiger partial charge >= 0.3 is 0 Å². The largest absolute Gasteiger partial charge is 0.342 e. The normalized spacial score (nSPS) is 11.2. The Morgan fingerprint density at radius 3 is 2.35 bits per heavy atom. The van der Waals surface area contributed by atoms with E-state index in [1.807, 2.05) is 24.3 Å². The minimum absolute atomic E-state index is 0.0290. The third kappa shape index (κ3) is 6.43. The van der Waals surface area contributed by atoms with Gasteiger partial charge in [-0.15, -0.1) is 0 Å². The molecule has 0 atom stereocenters. The first-order valence-corrected chi connectivity index (χ1v) is 8.40. The Morgan fingerprint density at radius 1 is 1.13 bits per heavy atom. The molecule has 2 amide bonds. The molecular weight excluding hydrogens is 288 g/mol. The maximum atomic E-state index is 12.2. The smallest absolute Gasteiger partial charge is 0.226 e. The van der Waals surface area contributed by atoms with Gasteiger partial charge in [0.1, 0.15) is 0 Å². The minimum Gasteiger partial charge on any atom is -0.342 e. The van der Waals surface area contributed by atoms with E-state index in [2.05, 4.69) is 33.0 Å². The Bertz CT molecular complexity index is 532. The lowest BCUT2D eigenvalue weighted by atomic mass is 9.86. The fraction of sp³-hybridized carbons (Fsp3) is 0.579. The van der Waals surface area contributed by atoms with Gasteiger partial charge < -0.3 is 10.2 Å². The fourth-order valence-electron chi connectivity index (χ4n) is 2.47. The zero-order valence-electron chi connectivity index (χ0n) is 15.1. The van der Waals surface area contributed by atoms with Crippen LogP contribution in [0.15, 0.2) is 24.3 Å². The van der Waals surface area contributed by atoms with Crippen molar-refractivity contribution in [1.29, 1.82) is 0 Å². The standard InChI is InChI=1S/C19H30N2O2/c1-6-7-13-21(15(2)22)14-12-18(23)20-17-11-9-8-10-16(17)19(3,4)5/h8-11H,6-7,12-14H2,1-5H3,(H,20,23). The van der Waals surface area contributed by atoms with E-state index in [0.29, 0.717) is 13.0 Å². The number of benzene rings is 1. The van der Waals surface area contributed by atoms with Crippen molar-refractivity contribution in [3.8, 4) is 0 Å². The van der Waals surface area contributed by atoms with Crippen molar-refractivity contribution in [3.05, 3.63) is 29.8 Å². The zero-order chi connectivity index (χ0) is 17.5. The Balaban J connectivity index is 2.65. The van der Waals surface area contributed by atoms with E-state index < -0.39 is 0 Å². The molecular formula is C19H30N2O2. The molecule has 1 aromatic rings. The van der Waals surface area contributed by atoms with Crippen LogP contribution in [0.1, 0.15) is 59.4 Å². The highest BCUT2D eigenvalue weighted by Crippen LogP contribution is 2.29. The van der Waals surface area contributed by atoms with E-state index in [9.17, 15) is 9.59 Å². The van der Waals surface area contributed by atoms with E-state index in [0.717, 1.165) is 30.6 Å². The van der Waals surface area contributed by atoms with Gasteiger partial charge in [0.2, 0.25) is 11.8 Å². The summed E-state index contributed by atoms with van der Waals surface area (Å²) in [5.41, 5.74) is 1.94. The summed E-state index contributed by atoms with van der Waals surface area (Å²) in [7, 11) is 0. The van der Waals surface area contributed by atoms with Crippen LogP contribution >= 0.6 is 0 Å². The summed E-state index contributed by atoms with van der Waals surface area (Å²) in [6.45, 7) is 11.2. The average Bonchev–Trinajstić information content (AvgIpc) is 2.46. The summed E-state index contributed by atoms with van der Waals surface area (Å²) in [5.74, 6) is -0.0224. The molecule has 1 rings (SSSR count). The Labute approximate surface area is 140 Å². The van der Waals surface area contributed by atoms with Crippen LogP contribution in [0.3, 0.4) is 0 Å². The molecule has 0 spiro atoms. The molecule has 0 unspecified atom stereocenters. The minimum atomic E-state index is -0.0514. The van der Waals surface area contributed by atoms with Gasteiger partial charge in [0, 0.05) is 32.1 Å². The number of carbonyl (C=O) groups excluding carboxylic acids is 2. The molecule has 1 aromatic carbocycles. The SMILES string of the molecule is CCCCN(CCC(=O)Nc1ccccc1C(C)(C)C)C(C)=O. The number of hydrogen-bond donors (Lipinski definition) is 1. The van der Waals surface area contributed by atoms with Crippen molar-refractivity contribution in [2.45, 2.75) is 59.3 Å². The molecule has 23 heavy (non-hydrogen) atoms. The number of nitrogens with zero attached hydrogens (tertiary/aromatic N) is 1. The number of anilines is 1. The summed E-state index contributed by atoms with van der Waals surface area (Å²) in [5, 5.41) is 2.99. The second-order valence-corrected chi connectivity index (χ2v) is 6.95. The molecule has 0 aliphatic rings. The third-order valence-electron chi connectivity index (χ3n) is 3.84. The second kappa shape index (κ2) is 8.70. The quantitative estimate of drug-likeness (QED) is 0.827. The topological polar surface area (TPSA) is 49.4 Å². The van der Waals surface area contributed by atoms with Crippen molar-refractivity contribution in [1.82, 2.24) is 4.90 Å². The lowest BCUT2D eigenvalue weighted by Crippen LogP contribution is -2.33. The molecule has 0 radical (unpaired) electrons. The van der Waals surface area contributed by atoms with Gasteiger partial charge in [0.05, 0.1) is 0 Å². The summed E-state index contributed by atoms with van der Waals surface area (Å²) in [6.07, 6.45) is 2.32. The Kier molecular flexibility index (Phi) is 7.27. The Morgan fingerprint density at radius 2 is 1.78 bits per heavy atom. The number of amides is 2. The van der Waals surface area contributed by atoms with Crippen molar-refractivity contribution >= 4 is 17.5 Å². The van der Waals surface area contributed by atoms with Crippen LogP contribution in [-0.2, 0) is 15.0 Å². The van der Waals surface area contributed by atoms with Crippen LogP contribution in [0.4, 0.5) is 5.69 Å². The van der Waals surface area contributed by atoms with Crippen LogP contribution in [0, 0.1) is 0 Å². The maximum Gasteiger partial charge on any atom is 0.226 e. The Hall–Kier alpha value is -1.84. The first-order chi connectivity index (χ1) is 10.8. The lowest BCUT2D eigenvalue weighted by Gasteiger charge is -2.24. The van der Waals surface area contributed by atoms with E-state index in [1.165, 1.54) is 0 Å². The lowest BCUT2D eigenvalue weighted by molar-refractivity contribution is -0.129. The van der Waals surface area contributed by atoms with Crippen molar-refractivity contribution in [2.24, 2.45) is 0 Å². The van der Waals surface area contributed by atoms with Gasteiger partial charge in [-0.2, -0.15) is 0 Å². The molecule has 0 heterocycles. The van der Waals surface area contributed by atoms with E-state index in [1.54, 1.807) is 11.8 Å². The van der Waals surface area contributed by atoms with Gasteiger partial charge in [-0.1, -0.05) is 52.3 Å². The van der Waals surface area contributed by atoms with Crippen molar-refractivity contribution in [3.63, 3.8) is 0 Å². The summed E-state index contributed by atoms with van der Waals surface area (Å²) in [6, 6.07) is 7.88. The number of carbonyl (C=O) groups is 2. The van der Waals surface area contributed by atoms with Gasteiger partial charge in [-0.05, 0) is 23.5 Å². The molecule has 0 aliphatic carbocycles. The predicted molar refractivity (Wildman–Crippen MR) is 95.6 cm³/mol. The molecule has 0 aliphatic heterocycles. The third-order valence-corrected chi connectivity index (χ3v) is 3.84. The highest BCUT2D eigenvalue weighted by atomic mass is 16.2. The molecule has 4 heteroatoms. The van der Waals surface area contributed by atoms with Gasteiger partial charge in [-0.3, -0.25) is 9.59 Å². The highest BCUT2D eigenvalue weighted by molar-refractivity contribution is 5.92. The summed E-state index contributed by atoms with van der Waals surface area (Å²) < 4.78 is 0. The van der Waals surface area contributed by atoms with Gasteiger partial charge in [0.25, 0.3) is 0 Å². The first kappa shape index (κ1) is 19.2. The molecule has 0 aromatic heterocycles. The number of hydrogen-bond acceptors (Lipinski definition) is 2. The van der Waals surface area contributed by atoms with Crippen LogP contribution in [0.2, 0.25) is 0 Å². The molecule has 128 valence electrons. The predicted octanol–water partition coefficient (Wildman–Crippen LogP) is 3.96. The number of para-hydroxylation sites is 1. The van der Waals surface area contributed by atoms with Crippen LogP contribution in [-0.4, -0.2) is 29.8 Å². The maximum absolute atomic E-state index is 12.2. The van der Waals surface area contributed by atoms with Crippen molar-refractivity contribution < 1.29 is 9.59 Å². The molecule has 0 fully saturated rings. The number of nitrogens with one attached hydrogen (secondary N) is 1. The summed E-state index contributed by atoms with van der Waals surface area (Å²) >= 11 is 0. The van der Waals surface area contributed by atoms with Gasteiger partial charge in [-0.25, -0.2) is 0 Å². The van der Waals surface area contributed by atoms with Crippen molar-refractivity contribution in [2.75, 3.05) is 18.4 Å². The first-order valence-electron chi connectivity index (χ1n) is 8.40. The van der Waals surface area contributed by atoms with Crippen LogP contribution < -0.4 is 5.32 Å². The number of rotatable bonds is 7. The van der Waals surface area contributed by atoms with E-state index in [-0.39, 0.29) is 17.2 Å². The second-order valence-electron chi connectivity index (χ2n) is 6.95. The van der Waals surface area contributed by atoms with E-state index in [4.69, 9.17) is 0 Å². The summed E-state index contributed by atoms with van der Waals surface area (Å²) in [4.78, 5) is 25.6. The van der Waals surface area contributed by atoms with Crippen LogP contribution in [0.5, 0.6) is 0 Å². The molecule has 0 saturated heterocycles. The molecule has 1 N–H and O–H groups in total. The monoisotopic (exact) mass is 318 g/mol. The van der Waals surface area contributed by atoms with Crippen LogP contribution in [0.25, 0.3) is 0 Å². The fourth-order valence-corrected chi connectivity index (χ4v) is 2.47. The average molecular weight is 318 g/mol. The zero-order valence-corrected chi connectivity index (χ0v) is 15.1. The molecule has 4 nitrogen and oxygen atoms in total. The number of unbranched alkanes of at least 4 members (excludes halogenated alkanes) is 1. The van der Waals surface area contributed by atoms with E-state index >= 15 is 0 Å².